The first kappa shape index (κ1) is 14.8. The number of amides is 1. The zero-order chi connectivity index (χ0) is 14.8. The number of nitrogens with two attached hydrogens (primary N) is 1. The van der Waals surface area contributed by atoms with Gasteiger partial charge in [0.2, 0.25) is 5.91 Å². The van der Waals surface area contributed by atoms with Crippen molar-refractivity contribution in [2.24, 2.45) is 16.3 Å². The predicted octanol–water partition coefficient (Wildman–Crippen LogP) is 1.94. The van der Waals surface area contributed by atoms with Crippen LogP contribution in [0.15, 0.2) is 10.5 Å². The molecule has 1 aliphatic carbocycles. The quantitative estimate of drug-likeness (QED) is 0.342. The van der Waals surface area contributed by atoms with Crippen LogP contribution in [-0.2, 0) is 4.79 Å². The second-order valence-corrected chi connectivity index (χ2v) is 6.19. The van der Waals surface area contributed by atoms with Crippen molar-refractivity contribution in [2.75, 3.05) is 0 Å². The molecule has 1 atom stereocenters. The number of aryl methyl sites for hydroxylation is 1. The Morgan fingerprint density at radius 3 is 2.75 bits per heavy atom. The summed E-state index contributed by atoms with van der Waals surface area (Å²) in [6.07, 6.45) is 3.07. The van der Waals surface area contributed by atoms with Crippen LogP contribution in [0.3, 0.4) is 0 Å². The Morgan fingerprint density at radius 2 is 2.25 bits per heavy atom. The second-order valence-electron chi connectivity index (χ2n) is 5.30. The third-order valence-electron chi connectivity index (χ3n) is 3.84. The number of carbonyl (C=O) groups excluding carboxylic acids is 1. The zero-order valence-corrected chi connectivity index (χ0v) is 12.5. The highest BCUT2D eigenvalue weighted by Gasteiger charge is 2.45. The Labute approximate surface area is 122 Å². The number of nitrogens with zero attached hydrogens (tertiary/aromatic N) is 2. The molecule has 1 saturated carbocycles. The Kier molecular flexibility index (Phi) is 4.27. The monoisotopic (exact) mass is 296 g/mol. The van der Waals surface area contributed by atoms with Crippen LogP contribution in [0.1, 0.15) is 49.4 Å². The highest BCUT2D eigenvalue weighted by molar-refractivity contribution is 7.09. The molecule has 6 nitrogen and oxygen atoms in total. The van der Waals surface area contributed by atoms with Crippen LogP contribution in [0.2, 0.25) is 0 Å². The average Bonchev–Trinajstić information content (AvgIpc) is 3.07. The molecule has 1 aromatic rings. The number of hydrogen-bond donors (Lipinski definition) is 3. The number of carbonyl (C=O) groups is 1. The predicted molar refractivity (Wildman–Crippen MR) is 77.7 cm³/mol. The van der Waals surface area contributed by atoms with Crippen LogP contribution in [0.4, 0.5) is 0 Å². The molecule has 2 rings (SSSR count). The summed E-state index contributed by atoms with van der Waals surface area (Å²) in [4.78, 5) is 16.9. The van der Waals surface area contributed by atoms with Crippen LogP contribution in [0.25, 0.3) is 0 Å². The Balaban J connectivity index is 2.13. The van der Waals surface area contributed by atoms with Gasteiger partial charge in [0.05, 0.1) is 6.04 Å². The number of aromatic nitrogens is 1. The zero-order valence-electron chi connectivity index (χ0n) is 11.7. The molecule has 7 heteroatoms. The van der Waals surface area contributed by atoms with Gasteiger partial charge in [-0.15, -0.1) is 11.3 Å². The van der Waals surface area contributed by atoms with Crippen molar-refractivity contribution in [3.05, 3.63) is 16.1 Å². The fourth-order valence-corrected chi connectivity index (χ4v) is 3.45. The molecule has 1 aliphatic rings. The molecule has 0 spiro atoms. The standard InChI is InChI=1S/C13H20N4O2S/c1-8-7-20-10(15-8)9(2)16-12(18)13(11(14)17-19)5-3-4-6-13/h7,9,19H,3-6H2,1-2H3,(H2,14,17)(H,16,18). The lowest BCUT2D eigenvalue weighted by Gasteiger charge is -2.27. The van der Waals surface area contributed by atoms with E-state index in [1.807, 2.05) is 19.2 Å². The van der Waals surface area contributed by atoms with E-state index in [1.54, 1.807) is 0 Å². The minimum absolute atomic E-state index is 0.00928. The van der Waals surface area contributed by atoms with Crippen molar-refractivity contribution in [1.82, 2.24) is 10.3 Å². The van der Waals surface area contributed by atoms with Gasteiger partial charge < -0.3 is 16.3 Å². The highest BCUT2D eigenvalue weighted by Crippen LogP contribution is 2.39. The van der Waals surface area contributed by atoms with Crippen LogP contribution < -0.4 is 11.1 Å². The summed E-state index contributed by atoms with van der Waals surface area (Å²) in [5, 5.41) is 17.8. The lowest BCUT2D eigenvalue weighted by atomic mass is 9.83. The summed E-state index contributed by atoms with van der Waals surface area (Å²) in [7, 11) is 0. The fourth-order valence-electron chi connectivity index (χ4n) is 2.64. The van der Waals surface area contributed by atoms with Gasteiger partial charge >= 0.3 is 0 Å². The molecule has 20 heavy (non-hydrogen) atoms. The first-order valence-electron chi connectivity index (χ1n) is 6.70. The van der Waals surface area contributed by atoms with Gasteiger partial charge in [-0.25, -0.2) is 4.98 Å². The molecule has 1 heterocycles. The molecule has 0 saturated heterocycles. The molecule has 1 fully saturated rings. The van der Waals surface area contributed by atoms with Crippen molar-refractivity contribution in [2.45, 2.75) is 45.6 Å². The van der Waals surface area contributed by atoms with Gasteiger partial charge in [0, 0.05) is 11.1 Å². The van der Waals surface area contributed by atoms with Crippen molar-refractivity contribution in [3.8, 4) is 0 Å². The molecule has 1 unspecified atom stereocenters. The van der Waals surface area contributed by atoms with Gasteiger partial charge in [0.1, 0.15) is 10.4 Å². The van der Waals surface area contributed by atoms with Gasteiger partial charge in [-0.1, -0.05) is 18.0 Å². The minimum Gasteiger partial charge on any atom is -0.409 e. The molecule has 0 aromatic carbocycles. The largest absolute Gasteiger partial charge is 0.409 e. The Morgan fingerprint density at radius 1 is 1.60 bits per heavy atom. The van der Waals surface area contributed by atoms with Crippen LogP contribution in [-0.4, -0.2) is 21.9 Å². The van der Waals surface area contributed by atoms with Gasteiger partial charge in [0.25, 0.3) is 0 Å². The van der Waals surface area contributed by atoms with E-state index in [1.165, 1.54) is 11.3 Å². The average molecular weight is 296 g/mol. The maximum atomic E-state index is 12.6. The molecule has 1 amide bonds. The number of thiazole rings is 1. The van der Waals surface area contributed by atoms with E-state index in [2.05, 4.69) is 15.5 Å². The number of rotatable bonds is 4. The van der Waals surface area contributed by atoms with E-state index in [4.69, 9.17) is 10.9 Å². The SMILES string of the molecule is Cc1csc(C(C)NC(=O)C2(C(N)=NO)CCCC2)n1. The maximum absolute atomic E-state index is 12.6. The molecule has 4 N–H and O–H groups in total. The van der Waals surface area contributed by atoms with E-state index in [0.29, 0.717) is 12.8 Å². The highest BCUT2D eigenvalue weighted by atomic mass is 32.1. The molecule has 0 bridgehead atoms. The number of nitrogens with one attached hydrogen (secondary N) is 1. The van der Waals surface area contributed by atoms with Gasteiger partial charge in [-0.2, -0.15) is 0 Å². The number of oxime groups is 1. The van der Waals surface area contributed by atoms with Crippen LogP contribution in [0, 0.1) is 12.3 Å². The summed E-state index contributed by atoms with van der Waals surface area (Å²) in [6.45, 7) is 3.81. The first-order valence-corrected chi connectivity index (χ1v) is 7.58. The van der Waals surface area contributed by atoms with Crippen molar-refractivity contribution < 1.29 is 10.0 Å². The Bertz CT molecular complexity index is 520. The fraction of sp³-hybridized carbons (Fsp3) is 0.615. The van der Waals surface area contributed by atoms with E-state index in [0.717, 1.165) is 23.5 Å². The van der Waals surface area contributed by atoms with E-state index in [9.17, 15) is 4.79 Å². The molecule has 1 aromatic heterocycles. The summed E-state index contributed by atoms with van der Waals surface area (Å²) in [6, 6.07) is -0.176. The molecular weight excluding hydrogens is 276 g/mol. The van der Waals surface area contributed by atoms with Gasteiger partial charge in [0.15, 0.2) is 5.84 Å². The van der Waals surface area contributed by atoms with Gasteiger partial charge in [-0.3, -0.25) is 4.79 Å². The first-order chi connectivity index (χ1) is 9.49. The summed E-state index contributed by atoms with van der Waals surface area (Å²) in [5.41, 5.74) is 5.84. The van der Waals surface area contributed by atoms with E-state index < -0.39 is 5.41 Å². The van der Waals surface area contributed by atoms with Crippen molar-refractivity contribution in [3.63, 3.8) is 0 Å². The normalized spacial score (nSPS) is 19.8. The summed E-state index contributed by atoms with van der Waals surface area (Å²) in [5.74, 6) is -0.166. The third-order valence-corrected chi connectivity index (χ3v) is 4.99. The topological polar surface area (TPSA) is 101 Å². The maximum Gasteiger partial charge on any atom is 0.234 e. The summed E-state index contributed by atoms with van der Waals surface area (Å²) >= 11 is 1.52. The molecule has 110 valence electrons. The van der Waals surface area contributed by atoms with E-state index >= 15 is 0 Å². The van der Waals surface area contributed by atoms with Crippen molar-refractivity contribution in [1.29, 1.82) is 0 Å². The molecule has 0 aliphatic heterocycles. The van der Waals surface area contributed by atoms with Crippen LogP contribution >= 0.6 is 11.3 Å². The lowest BCUT2D eigenvalue weighted by molar-refractivity contribution is -0.128. The third kappa shape index (κ3) is 2.63. The van der Waals surface area contributed by atoms with Crippen LogP contribution in [0.5, 0.6) is 0 Å². The molecule has 0 radical (unpaired) electrons. The minimum atomic E-state index is -0.866. The summed E-state index contributed by atoms with van der Waals surface area (Å²) < 4.78 is 0. The molecular formula is C13H20N4O2S. The smallest absolute Gasteiger partial charge is 0.234 e. The number of hydrogen-bond acceptors (Lipinski definition) is 5. The Hall–Kier alpha value is -1.63. The lowest BCUT2D eigenvalue weighted by Crippen LogP contribution is -2.48. The number of amidine groups is 1. The van der Waals surface area contributed by atoms with Gasteiger partial charge in [-0.05, 0) is 26.7 Å². The van der Waals surface area contributed by atoms with E-state index in [-0.39, 0.29) is 17.8 Å². The second kappa shape index (κ2) is 5.78. The van der Waals surface area contributed by atoms with Crippen molar-refractivity contribution >= 4 is 23.1 Å².